The van der Waals surface area contributed by atoms with Gasteiger partial charge in [0.05, 0.1) is 15.7 Å². The topological polar surface area (TPSA) is 78.4 Å². The summed E-state index contributed by atoms with van der Waals surface area (Å²) in [7, 11) is 0. The van der Waals surface area contributed by atoms with Crippen LogP contribution in [0.2, 0.25) is 15.1 Å². The summed E-state index contributed by atoms with van der Waals surface area (Å²) in [6, 6.07) is 1.15. The standard InChI is InChI=1S/C13H15Cl3N2O3/c1-3-6(2)10(12(19)20)17-13(21)18-11-8(15)4-7(14)5-9(11)16/h4-6,10H,3H2,1-2H3,(H,19,20)(H2,17,18,21)/t6?,10-/m0/s1. The summed E-state index contributed by atoms with van der Waals surface area (Å²) in [6.45, 7) is 3.58. The third kappa shape index (κ3) is 4.95. The zero-order valence-corrected chi connectivity index (χ0v) is 13.7. The highest BCUT2D eigenvalue weighted by molar-refractivity contribution is 6.42. The highest BCUT2D eigenvalue weighted by atomic mass is 35.5. The van der Waals surface area contributed by atoms with Crippen molar-refractivity contribution < 1.29 is 14.7 Å². The van der Waals surface area contributed by atoms with Crippen LogP contribution < -0.4 is 10.6 Å². The molecule has 2 amide bonds. The Kier molecular flexibility index (Phi) is 6.58. The molecule has 2 atom stereocenters. The van der Waals surface area contributed by atoms with Crippen LogP contribution in [0.5, 0.6) is 0 Å². The van der Waals surface area contributed by atoms with Gasteiger partial charge in [-0.3, -0.25) is 0 Å². The van der Waals surface area contributed by atoms with Crippen LogP contribution in [0, 0.1) is 5.92 Å². The van der Waals surface area contributed by atoms with Crippen LogP contribution in [0.4, 0.5) is 10.5 Å². The molecule has 0 saturated heterocycles. The number of benzene rings is 1. The molecule has 0 fully saturated rings. The lowest BCUT2D eigenvalue weighted by Crippen LogP contribution is -2.46. The Bertz CT molecular complexity index is 528. The van der Waals surface area contributed by atoms with Crippen molar-refractivity contribution in [3.8, 4) is 0 Å². The van der Waals surface area contributed by atoms with Crippen molar-refractivity contribution in [2.75, 3.05) is 5.32 Å². The molecule has 1 aromatic rings. The summed E-state index contributed by atoms with van der Waals surface area (Å²) in [5, 5.41) is 14.6. The van der Waals surface area contributed by atoms with Gasteiger partial charge in [-0.2, -0.15) is 0 Å². The van der Waals surface area contributed by atoms with Crippen molar-refractivity contribution in [2.24, 2.45) is 5.92 Å². The molecule has 1 unspecified atom stereocenters. The van der Waals surface area contributed by atoms with Crippen LogP contribution in [-0.4, -0.2) is 23.1 Å². The van der Waals surface area contributed by atoms with Crippen LogP contribution in [0.1, 0.15) is 20.3 Å². The van der Waals surface area contributed by atoms with Crippen molar-refractivity contribution in [1.82, 2.24) is 5.32 Å². The summed E-state index contributed by atoms with van der Waals surface area (Å²) in [5.41, 5.74) is 0.175. The third-order valence-corrected chi connectivity index (χ3v) is 3.83. The Morgan fingerprint density at radius 2 is 1.76 bits per heavy atom. The third-order valence-electron chi connectivity index (χ3n) is 3.01. The van der Waals surface area contributed by atoms with Crippen molar-refractivity contribution in [3.63, 3.8) is 0 Å². The quantitative estimate of drug-likeness (QED) is 0.739. The zero-order valence-electron chi connectivity index (χ0n) is 11.4. The number of halogens is 3. The van der Waals surface area contributed by atoms with Gasteiger partial charge in [-0.15, -0.1) is 0 Å². The number of anilines is 1. The number of nitrogens with one attached hydrogen (secondary N) is 2. The molecule has 1 rings (SSSR count). The Morgan fingerprint density at radius 1 is 1.24 bits per heavy atom. The largest absolute Gasteiger partial charge is 0.480 e. The number of hydrogen-bond acceptors (Lipinski definition) is 2. The number of carbonyl (C=O) groups excluding carboxylic acids is 1. The van der Waals surface area contributed by atoms with E-state index in [1.807, 2.05) is 6.92 Å². The Hall–Kier alpha value is -1.17. The van der Waals surface area contributed by atoms with Gasteiger partial charge in [0.15, 0.2) is 0 Å². The van der Waals surface area contributed by atoms with Crippen molar-refractivity contribution in [3.05, 3.63) is 27.2 Å². The van der Waals surface area contributed by atoms with Crippen molar-refractivity contribution in [2.45, 2.75) is 26.3 Å². The second-order valence-electron chi connectivity index (χ2n) is 4.54. The number of carboxylic acids is 1. The number of carboxylic acid groups (broad SMARTS) is 1. The molecule has 0 spiro atoms. The summed E-state index contributed by atoms with van der Waals surface area (Å²) in [4.78, 5) is 23.1. The molecule has 0 radical (unpaired) electrons. The first-order valence-electron chi connectivity index (χ1n) is 6.21. The Labute approximate surface area is 137 Å². The lowest BCUT2D eigenvalue weighted by Gasteiger charge is -2.20. The van der Waals surface area contributed by atoms with E-state index in [-0.39, 0.29) is 21.7 Å². The number of carbonyl (C=O) groups is 2. The predicted octanol–water partition coefficient (Wildman–Crippen LogP) is 4.27. The van der Waals surface area contributed by atoms with Gasteiger partial charge >= 0.3 is 12.0 Å². The van der Waals surface area contributed by atoms with E-state index in [9.17, 15) is 9.59 Å². The molecule has 0 aliphatic carbocycles. The second-order valence-corrected chi connectivity index (χ2v) is 5.80. The van der Waals surface area contributed by atoms with Crippen LogP contribution in [-0.2, 0) is 4.79 Å². The molecular weight excluding hydrogens is 339 g/mol. The van der Waals surface area contributed by atoms with Gasteiger partial charge in [0.2, 0.25) is 0 Å². The number of amides is 2. The minimum atomic E-state index is -1.10. The van der Waals surface area contributed by atoms with Crippen molar-refractivity contribution in [1.29, 1.82) is 0 Å². The van der Waals surface area contributed by atoms with E-state index >= 15 is 0 Å². The summed E-state index contributed by atoms with van der Waals surface area (Å²) in [6.07, 6.45) is 0.611. The molecule has 0 aromatic heterocycles. The molecule has 116 valence electrons. The first-order chi connectivity index (χ1) is 9.76. The lowest BCUT2D eigenvalue weighted by atomic mass is 9.99. The smallest absolute Gasteiger partial charge is 0.326 e. The Balaban J connectivity index is 2.84. The first kappa shape index (κ1) is 17.9. The summed E-state index contributed by atoms with van der Waals surface area (Å²) >= 11 is 17.7. The number of aliphatic carboxylic acids is 1. The Morgan fingerprint density at radius 3 is 2.19 bits per heavy atom. The maximum absolute atomic E-state index is 11.9. The average molecular weight is 354 g/mol. The van der Waals surface area contributed by atoms with E-state index in [0.717, 1.165) is 0 Å². The van der Waals surface area contributed by atoms with E-state index in [2.05, 4.69) is 10.6 Å². The molecule has 0 heterocycles. The van der Waals surface area contributed by atoms with Gasteiger partial charge in [0.25, 0.3) is 0 Å². The van der Waals surface area contributed by atoms with Gasteiger partial charge in [0, 0.05) is 5.02 Å². The van der Waals surface area contributed by atoms with Crippen LogP contribution >= 0.6 is 34.8 Å². The normalized spacial score (nSPS) is 13.4. The molecule has 0 saturated carbocycles. The number of hydrogen-bond donors (Lipinski definition) is 3. The van der Waals surface area contributed by atoms with Gasteiger partial charge in [-0.1, -0.05) is 55.1 Å². The van der Waals surface area contributed by atoms with Crippen LogP contribution in [0.3, 0.4) is 0 Å². The maximum atomic E-state index is 11.9. The van der Waals surface area contributed by atoms with E-state index in [0.29, 0.717) is 11.4 Å². The summed E-state index contributed by atoms with van der Waals surface area (Å²) in [5.74, 6) is -1.32. The van der Waals surface area contributed by atoms with Gasteiger partial charge in [-0.25, -0.2) is 9.59 Å². The molecule has 5 nitrogen and oxygen atoms in total. The monoisotopic (exact) mass is 352 g/mol. The maximum Gasteiger partial charge on any atom is 0.326 e. The SMILES string of the molecule is CCC(C)[C@H](NC(=O)Nc1c(Cl)cc(Cl)cc1Cl)C(=O)O. The minimum Gasteiger partial charge on any atom is -0.480 e. The lowest BCUT2D eigenvalue weighted by molar-refractivity contribution is -0.140. The van der Waals surface area contributed by atoms with Crippen molar-refractivity contribution >= 4 is 52.5 Å². The van der Waals surface area contributed by atoms with E-state index in [1.54, 1.807) is 6.92 Å². The van der Waals surface area contributed by atoms with Gasteiger partial charge in [0.1, 0.15) is 6.04 Å². The minimum absolute atomic E-state index is 0.165. The molecule has 8 heteroatoms. The molecule has 3 N–H and O–H groups in total. The van der Waals surface area contributed by atoms with Gasteiger partial charge in [-0.05, 0) is 18.1 Å². The molecular formula is C13H15Cl3N2O3. The molecule has 0 aliphatic rings. The molecule has 1 aromatic carbocycles. The second kappa shape index (κ2) is 7.73. The molecule has 21 heavy (non-hydrogen) atoms. The zero-order chi connectivity index (χ0) is 16.2. The average Bonchev–Trinajstić information content (AvgIpc) is 2.39. The van der Waals surface area contributed by atoms with Crippen LogP contribution in [0.15, 0.2) is 12.1 Å². The van der Waals surface area contributed by atoms with Crippen LogP contribution in [0.25, 0.3) is 0 Å². The van der Waals surface area contributed by atoms with Gasteiger partial charge < -0.3 is 15.7 Å². The molecule has 0 aliphatic heterocycles. The van der Waals surface area contributed by atoms with E-state index in [4.69, 9.17) is 39.9 Å². The van der Waals surface area contributed by atoms with E-state index < -0.39 is 18.0 Å². The molecule has 0 bridgehead atoms. The fourth-order valence-corrected chi connectivity index (χ4v) is 2.55. The fraction of sp³-hybridized carbons (Fsp3) is 0.385. The number of urea groups is 1. The van der Waals surface area contributed by atoms with E-state index in [1.165, 1.54) is 12.1 Å². The highest BCUT2D eigenvalue weighted by Gasteiger charge is 2.25. The highest BCUT2D eigenvalue weighted by Crippen LogP contribution is 2.33. The summed E-state index contributed by atoms with van der Waals surface area (Å²) < 4.78 is 0. The predicted molar refractivity (Wildman–Crippen MR) is 84.5 cm³/mol. The number of rotatable bonds is 5. The fourth-order valence-electron chi connectivity index (χ4n) is 1.64. The first-order valence-corrected chi connectivity index (χ1v) is 7.34.